The Morgan fingerprint density at radius 1 is 1.05 bits per heavy atom. The van der Waals surface area contributed by atoms with Crippen LogP contribution in [0.2, 0.25) is 0 Å². The van der Waals surface area contributed by atoms with Gasteiger partial charge >= 0.3 is 6.18 Å². The van der Waals surface area contributed by atoms with Crippen molar-refractivity contribution in [1.29, 1.82) is 0 Å². The predicted molar refractivity (Wildman–Crippen MR) is 72.7 cm³/mol. The van der Waals surface area contributed by atoms with Gasteiger partial charge in [0.2, 0.25) is 0 Å². The molecule has 0 heterocycles. The molecule has 0 spiro atoms. The summed E-state index contributed by atoms with van der Waals surface area (Å²) >= 11 is 0. The van der Waals surface area contributed by atoms with Crippen molar-refractivity contribution < 1.29 is 17.9 Å². The maximum absolute atomic E-state index is 12.2. The molecule has 0 aliphatic heterocycles. The van der Waals surface area contributed by atoms with Gasteiger partial charge < -0.3 is 10.1 Å². The van der Waals surface area contributed by atoms with Gasteiger partial charge in [0, 0.05) is 25.6 Å². The normalized spacial score (nSPS) is 23.6. The van der Waals surface area contributed by atoms with Crippen LogP contribution in [0.1, 0.15) is 64.2 Å². The van der Waals surface area contributed by atoms with Gasteiger partial charge in [0.1, 0.15) is 0 Å². The molecule has 2 aliphatic carbocycles. The molecule has 0 atom stereocenters. The maximum Gasteiger partial charge on any atom is 0.389 e. The Morgan fingerprint density at radius 2 is 1.70 bits per heavy atom. The second-order valence-electron chi connectivity index (χ2n) is 6.32. The first-order chi connectivity index (χ1) is 9.49. The minimum Gasteiger partial charge on any atom is -0.374 e. The third-order valence-corrected chi connectivity index (χ3v) is 4.32. The van der Waals surface area contributed by atoms with Gasteiger partial charge in [-0.3, -0.25) is 0 Å². The van der Waals surface area contributed by atoms with Gasteiger partial charge in [-0.2, -0.15) is 13.2 Å². The zero-order valence-electron chi connectivity index (χ0n) is 12.1. The molecule has 118 valence electrons. The predicted octanol–water partition coefficient (Wildman–Crippen LogP) is 4.19. The molecule has 0 aromatic heterocycles. The summed E-state index contributed by atoms with van der Waals surface area (Å²) in [7, 11) is 0. The first-order valence-electron chi connectivity index (χ1n) is 7.93. The van der Waals surface area contributed by atoms with Crippen LogP contribution in [0.15, 0.2) is 0 Å². The number of rotatable bonds is 7. The molecule has 0 aromatic carbocycles. The monoisotopic (exact) mass is 293 g/mol. The average molecular weight is 293 g/mol. The molecule has 2 aliphatic rings. The second kappa shape index (κ2) is 7.12. The quantitative estimate of drug-likeness (QED) is 0.561. The molecule has 2 rings (SSSR count). The molecule has 0 radical (unpaired) electrons. The molecule has 1 N–H and O–H groups in total. The van der Waals surface area contributed by atoms with E-state index in [1.807, 2.05) is 0 Å². The number of alkyl halides is 3. The molecule has 2 fully saturated rings. The minimum atomic E-state index is -4.06. The number of hydrogen-bond donors (Lipinski definition) is 1. The lowest BCUT2D eigenvalue weighted by atomic mass is 9.94. The lowest BCUT2D eigenvalue weighted by Crippen LogP contribution is -2.44. The molecule has 5 heteroatoms. The largest absolute Gasteiger partial charge is 0.389 e. The van der Waals surface area contributed by atoms with Crippen molar-refractivity contribution in [3.8, 4) is 0 Å². The lowest BCUT2D eigenvalue weighted by Gasteiger charge is -2.33. The van der Waals surface area contributed by atoms with E-state index in [9.17, 15) is 13.2 Å². The summed E-state index contributed by atoms with van der Waals surface area (Å²) in [4.78, 5) is 0. The highest BCUT2D eigenvalue weighted by molar-refractivity contribution is 4.90. The Morgan fingerprint density at radius 3 is 2.25 bits per heavy atom. The maximum atomic E-state index is 12.2. The van der Waals surface area contributed by atoms with Crippen molar-refractivity contribution in [3.63, 3.8) is 0 Å². The van der Waals surface area contributed by atoms with Gasteiger partial charge in [0.05, 0.1) is 5.60 Å². The van der Waals surface area contributed by atoms with Crippen LogP contribution in [-0.2, 0) is 4.74 Å². The molecule has 0 unspecified atom stereocenters. The summed E-state index contributed by atoms with van der Waals surface area (Å²) in [6.07, 6.45) is 4.40. The Kier molecular flexibility index (Phi) is 5.73. The molecule has 0 saturated heterocycles. The third kappa shape index (κ3) is 6.00. The Bertz CT molecular complexity index is 281. The van der Waals surface area contributed by atoms with Crippen LogP contribution < -0.4 is 5.32 Å². The Labute approximate surface area is 119 Å². The first kappa shape index (κ1) is 16.1. The van der Waals surface area contributed by atoms with Gasteiger partial charge in [-0.05, 0) is 32.1 Å². The number of ether oxygens (including phenoxy) is 1. The van der Waals surface area contributed by atoms with E-state index in [4.69, 9.17) is 4.74 Å². The zero-order valence-corrected chi connectivity index (χ0v) is 12.1. The number of nitrogens with one attached hydrogen (secondary N) is 1. The topological polar surface area (TPSA) is 21.3 Å². The summed E-state index contributed by atoms with van der Waals surface area (Å²) in [6, 6.07) is 0.619. The third-order valence-electron chi connectivity index (χ3n) is 4.32. The smallest absolute Gasteiger partial charge is 0.374 e. The van der Waals surface area contributed by atoms with Crippen LogP contribution in [0.4, 0.5) is 13.2 Å². The van der Waals surface area contributed by atoms with Crippen LogP contribution in [0.25, 0.3) is 0 Å². The van der Waals surface area contributed by atoms with Gasteiger partial charge in [0.25, 0.3) is 0 Å². The van der Waals surface area contributed by atoms with Gasteiger partial charge in [0.15, 0.2) is 0 Å². The lowest BCUT2D eigenvalue weighted by molar-refractivity contribution is -0.142. The zero-order chi connectivity index (χ0) is 14.5. The SMILES string of the molecule is FC(F)(F)CCCOC1(CNC2CC2)CCCCCC1. The van der Waals surface area contributed by atoms with Crippen LogP contribution in [0.5, 0.6) is 0 Å². The van der Waals surface area contributed by atoms with Gasteiger partial charge in [-0.25, -0.2) is 0 Å². The average Bonchev–Trinajstić information content (AvgIpc) is 3.19. The first-order valence-corrected chi connectivity index (χ1v) is 7.93. The highest BCUT2D eigenvalue weighted by Crippen LogP contribution is 2.32. The standard InChI is InChI=1S/C15H26F3NO/c16-15(17,18)10-5-11-20-14(12-19-13-6-7-13)8-3-1-2-4-9-14/h13,19H,1-12H2. The Balaban J connectivity index is 1.77. The van der Waals surface area contributed by atoms with E-state index in [-0.39, 0.29) is 18.6 Å². The van der Waals surface area contributed by atoms with Crippen LogP contribution in [0, 0.1) is 0 Å². The van der Waals surface area contributed by atoms with Gasteiger partial charge in [-0.1, -0.05) is 25.7 Å². The molecule has 2 nitrogen and oxygen atoms in total. The fourth-order valence-electron chi connectivity index (χ4n) is 2.92. The number of hydrogen-bond acceptors (Lipinski definition) is 2. The van der Waals surface area contributed by atoms with Crippen molar-refractivity contribution in [2.45, 2.75) is 82.0 Å². The molecule has 0 bridgehead atoms. The van der Waals surface area contributed by atoms with Crippen molar-refractivity contribution >= 4 is 0 Å². The second-order valence-corrected chi connectivity index (χ2v) is 6.32. The van der Waals surface area contributed by atoms with Crippen molar-refractivity contribution in [3.05, 3.63) is 0 Å². The van der Waals surface area contributed by atoms with Crippen molar-refractivity contribution in [2.75, 3.05) is 13.2 Å². The summed E-state index contributed by atoms with van der Waals surface area (Å²) in [5.74, 6) is 0. The highest BCUT2D eigenvalue weighted by Gasteiger charge is 2.34. The highest BCUT2D eigenvalue weighted by atomic mass is 19.4. The van der Waals surface area contributed by atoms with E-state index in [0.29, 0.717) is 6.04 Å². The van der Waals surface area contributed by atoms with Crippen molar-refractivity contribution in [1.82, 2.24) is 5.32 Å². The van der Waals surface area contributed by atoms with E-state index in [1.54, 1.807) is 0 Å². The van der Waals surface area contributed by atoms with E-state index in [0.717, 1.165) is 32.2 Å². The van der Waals surface area contributed by atoms with E-state index in [2.05, 4.69) is 5.32 Å². The molecular weight excluding hydrogens is 267 g/mol. The summed E-state index contributed by atoms with van der Waals surface area (Å²) < 4.78 is 42.5. The summed E-state index contributed by atoms with van der Waals surface area (Å²) in [6.45, 7) is 1.04. The van der Waals surface area contributed by atoms with Crippen molar-refractivity contribution in [2.24, 2.45) is 0 Å². The molecule has 0 amide bonds. The molecule has 2 saturated carbocycles. The number of halogens is 3. The minimum absolute atomic E-state index is 0.0781. The van der Waals surface area contributed by atoms with E-state index < -0.39 is 12.6 Å². The van der Waals surface area contributed by atoms with Gasteiger partial charge in [-0.15, -0.1) is 0 Å². The fourth-order valence-corrected chi connectivity index (χ4v) is 2.92. The molecular formula is C15H26F3NO. The molecule has 20 heavy (non-hydrogen) atoms. The van der Waals surface area contributed by atoms with Crippen LogP contribution >= 0.6 is 0 Å². The van der Waals surface area contributed by atoms with Crippen LogP contribution in [-0.4, -0.2) is 31.0 Å². The van der Waals surface area contributed by atoms with E-state index in [1.165, 1.54) is 25.7 Å². The summed E-state index contributed by atoms with van der Waals surface area (Å²) in [5.41, 5.74) is -0.218. The summed E-state index contributed by atoms with van der Waals surface area (Å²) in [5, 5.41) is 3.50. The van der Waals surface area contributed by atoms with E-state index >= 15 is 0 Å². The Hall–Kier alpha value is -0.290. The fraction of sp³-hybridized carbons (Fsp3) is 1.00. The van der Waals surface area contributed by atoms with Crippen LogP contribution in [0.3, 0.4) is 0 Å². The molecule has 0 aromatic rings.